The Balaban J connectivity index is 0.941. The van der Waals surface area contributed by atoms with E-state index in [2.05, 4.69) is 203 Å². The molecule has 14 rings (SSSR count). The molecular weight excluding hydrogens is 779 g/mol. The van der Waals surface area contributed by atoms with Gasteiger partial charge in [-0.1, -0.05) is 158 Å². The lowest BCUT2D eigenvalue weighted by molar-refractivity contribution is 1.07. The number of fused-ring (bicyclic) bond motifs is 14. The van der Waals surface area contributed by atoms with Crippen LogP contribution in [-0.2, 0) is 0 Å². The molecule has 0 fully saturated rings. The SMILES string of the molecule is c1ccc(-c2nc(-c3ccc(-n4c5ccccc5c5cc6c(cc54)c4cccc5c4n6-c4ccccc4-c4ccccc4-5)cc3)nc(-c3ccc4c(ccc5ccccc54)c3)n2)cc1. The summed E-state index contributed by atoms with van der Waals surface area (Å²) in [5.74, 6) is 1.91. The molecule has 13 aromatic rings. The molecule has 0 radical (unpaired) electrons. The van der Waals surface area contributed by atoms with Crippen LogP contribution in [0.25, 0.3) is 133 Å². The lowest BCUT2D eigenvalue weighted by Gasteiger charge is -2.13. The highest BCUT2D eigenvalue weighted by Crippen LogP contribution is 2.48. The van der Waals surface area contributed by atoms with Gasteiger partial charge >= 0.3 is 0 Å². The second-order valence-electron chi connectivity index (χ2n) is 16.8. The second-order valence-corrected chi connectivity index (χ2v) is 16.8. The van der Waals surface area contributed by atoms with E-state index in [1.807, 2.05) is 18.2 Å². The first-order valence-corrected chi connectivity index (χ1v) is 21.8. The highest BCUT2D eigenvalue weighted by Gasteiger charge is 2.25. The molecule has 0 bridgehead atoms. The lowest BCUT2D eigenvalue weighted by Crippen LogP contribution is -2.00. The molecule has 5 heteroatoms. The molecular formula is C59H35N5. The van der Waals surface area contributed by atoms with Gasteiger partial charge in [-0.25, -0.2) is 15.0 Å². The van der Waals surface area contributed by atoms with E-state index in [0.717, 1.165) is 38.8 Å². The summed E-state index contributed by atoms with van der Waals surface area (Å²) in [6, 6.07) is 76.3. The van der Waals surface area contributed by atoms with Crippen molar-refractivity contribution in [2.45, 2.75) is 0 Å². The van der Waals surface area contributed by atoms with Gasteiger partial charge in [-0.3, -0.25) is 0 Å². The van der Waals surface area contributed by atoms with Gasteiger partial charge in [0.1, 0.15) is 0 Å². The molecule has 0 saturated heterocycles. The summed E-state index contributed by atoms with van der Waals surface area (Å²) in [6.45, 7) is 0. The summed E-state index contributed by atoms with van der Waals surface area (Å²) in [6.07, 6.45) is 0. The van der Waals surface area contributed by atoms with Crippen molar-refractivity contribution in [3.05, 3.63) is 212 Å². The number of aromatic nitrogens is 5. The van der Waals surface area contributed by atoms with Gasteiger partial charge in [0.15, 0.2) is 17.5 Å². The standard InChI is InChI=1S/C59H35N5/c1-2-14-37(15-3-1)57-60-58(62-59(61-57)40-29-32-43-39(33-40)26-25-36-13-4-5-16-42(36)43)38-27-30-41(31-28-38)63-52-23-10-9-20-47(52)50-34-55-51(35-54(50)63)49-22-12-21-48-45-18-7-6-17-44(45)46-19-8-11-24-53(46)64(55)56(48)49/h1-35H. The second kappa shape index (κ2) is 13.4. The quantitative estimate of drug-likeness (QED) is 0.166. The number of benzene rings is 10. The van der Waals surface area contributed by atoms with Gasteiger partial charge in [0.25, 0.3) is 0 Å². The van der Waals surface area contributed by atoms with E-state index in [-0.39, 0.29) is 0 Å². The number of nitrogens with zero attached hydrogens (tertiary/aromatic N) is 5. The molecule has 296 valence electrons. The van der Waals surface area contributed by atoms with Crippen LogP contribution in [0.5, 0.6) is 0 Å². The van der Waals surface area contributed by atoms with E-state index in [0.29, 0.717) is 17.5 Å². The van der Waals surface area contributed by atoms with E-state index in [4.69, 9.17) is 15.0 Å². The van der Waals surface area contributed by atoms with E-state index >= 15 is 0 Å². The molecule has 4 heterocycles. The van der Waals surface area contributed by atoms with Crippen molar-refractivity contribution in [2.75, 3.05) is 0 Å². The van der Waals surface area contributed by atoms with Gasteiger partial charge in [-0.2, -0.15) is 0 Å². The summed E-state index contributed by atoms with van der Waals surface area (Å²) >= 11 is 0. The summed E-state index contributed by atoms with van der Waals surface area (Å²) in [5.41, 5.74) is 14.8. The van der Waals surface area contributed by atoms with Crippen LogP contribution in [0, 0.1) is 0 Å². The first kappa shape index (κ1) is 35.0. The molecule has 0 amide bonds. The van der Waals surface area contributed by atoms with Crippen molar-refractivity contribution in [3.63, 3.8) is 0 Å². The molecule has 0 unspecified atom stereocenters. The van der Waals surface area contributed by atoms with Crippen LogP contribution in [0.1, 0.15) is 0 Å². The average Bonchev–Trinajstić information content (AvgIpc) is 3.83. The minimum Gasteiger partial charge on any atom is -0.309 e. The Kier molecular flexibility index (Phi) is 7.33. The predicted molar refractivity (Wildman–Crippen MR) is 264 cm³/mol. The molecule has 64 heavy (non-hydrogen) atoms. The van der Waals surface area contributed by atoms with Crippen molar-refractivity contribution in [2.24, 2.45) is 0 Å². The Morgan fingerprint density at radius 2 is 0.828 bits per heavy atom. The third-order valence-corrected chi connectivity index (χ3v) is 13.3. The van der Waals surface area contributed by atoms with Gasteiger partial charge in [0.2, 0.25) is 0 Å². The van der Waals surface area contributed by atoms with Gasteiger partial charge in [-0.05, 0) is 87.3 Å². The largest absolute Gasteiger partial charge is 0.309 e. The fourth-order valence-electron chi connectivity index (χ4n) is 10.4. The topological polar surface area (TPSA) is 48.5 Å². The highest BCUT2D eigenvalue weighted by molar-refractivity contribution is 6.22. The van der Waals surface area contributed by atoms with Gasteiger partial charge in [0, 0.05) is 55.0 Å². The molecule has 0 atom stereocenters. The summed E-state index contributed by atoms with van der Waals surface area (Å²) in [7, 11) is 0. The van der Waals surface area contributed by atoms with Crippen molar-refractivity contribution in [1.29, 1.82) is 0 Å². The molecule has 5 nitrogen and oxygen atoms in total. The lowest BCUT2D eigenvalue weighted by atomic mass is 9.94. The van der Waals surface area contributed by atoms with Crippen molar-refractivity contribution in [1.82, 2.24) is 24.1 Å². The number of rotatable bonds is 4. The Bertz CT molecular complexity index is 4060. The highest BCUT2D eigenvalue weighted by atomic mass is 15.0. The molecule has 1 aliphatic rings. The van der Waals surface area contributed by atoms with E-state index in [9.17, 15) is 0 Å². The molecule has 0 saturated carbocycles. The first-order chi connectivity index (χ1) is 31.7. The van der Waals surface area contributed by atoms with Crippen molar-refractivity contribution >= 4 is 65.2 Å². The molecule has 0 aliphatic carbocycles. The fraction of sp³-hybridized carbons (Fsp3) is 0. The van der Waals surface area contributed by atoms with Crippen LogP contribution in [0.4, 0.5) is 0 Å². The summed E-state index contributed by atoms with van der Waals surface area (Å²) < 4.78 is 4.91. The van der Waals surface area contributed by atoms with Crippen LogP contribution in [0.15, 0.2) is 212 Å². The van der Waals surface area contributed by atoms with Crippen LogP contribution in [0.2, 0.25) is 0 Å². The van der Waals surface area contributed by atoms with Crippen LogP contribution < -0.4 is 0 Å². The minimum atomic E-state index is 0.629. The van der Waals surface area contributed by atoms with E-state index in [1.165, 1.54) is 76.7 Å². The number of para-hydroxylation sites is 3. The Hall–Kier alpha value is -8.67. The average molecular weight is 814 g/mol. The first-order valence-electron chi connectivity index (χ1n) is 21.8. The fourth-order valence-corrected chi connectivity index (χ4v) is 10.4. The number of hydrogen-bond donors (Lipinski definition) is 0. The van der Waals surface area contributed by atoms with Crippen LogP contribution in [0.3, 0.4) is 0 Å². The zero-order valence-electron chi connectivity index (χ0n) is 34.4. The van der Waals surface area contributed by atoms with Crippen LogP contribution >= 0.6 is 0 Å². The third kappa shape index (κ3) is 5.09. The Labute approximate surface area is 367 Å². The number of hydrogen-bond acceptors (Lipinski definition) is 3. The minimum absolute atomic E-state index is 0.629. The van der Waals surface area contributed by atoms with E-state index in [1.54, 1.807) is 0 Å². The molecule has 0 N–H and O–H groups in total. The molecule has 0 spiro atoms. The van der Waals surface area contributed by atoms with Crippen molar-refractivity contribution < 1.29 is 0 Å². The normalized spacial score (nSPS) is 12.1. The summed E-state index contributed by atoms with van der Waals surface area (Å²) in [5, 5.41) is 9.72. The van der Waals surface area contributed by atoms with Crippen LogP contribution in [-0.4, -0.2) is 24.1 Å². The van der Waals surface area contributed by atoms with Gasteiger partial charge < -0.3 is 9.13 Å². The van der Waals surface area contributed by atoms with E-state index < -0.39 is 0 Å². The summed E-state index contributed by atoms with van der Waals surface area (Å²) in [4.78, 5) is 15.3. The predicted octanol–water partition coefficient (Wildman–Crippen LogP) is 15.0. The maximum atomic E-state index is 5.15. The maximum Gasteiger partial charge on any atom is 0.164 e. The smallest absolute Gasteiger partial charge is 0.164 e. The van der Waals surface area contributed by atoms with Gasteiger partial charge in [-0.15, -0.1) is 0 Å². The zero-order valence-corrected chi connectivity index (χ0v) is 34.4. The Morgan fingerprint density at radius 1 is 0.281 bits per heavy atom. The molecule has 3 aromatic heterocycles. The van der Waals surface area contributed by atoms with Crippen molar-refractivity contribution in [3.8, 4) is 67.8 Å². The maximum absolute atomic E-state index is 5.15. The monoisotopic (exact) mass is 813 g/mol. The third-order valence-electron chi connectivity index (χ3n) is 13.3. The molecule has 10 aromatic carbocycles. The zero-order chi connectivity index (χ0) is 41.9. The molecule has 1 aliphatic heterocycles. The van der Waals surface area contributed by atoms with Gasteiger partial charge in [0.05, 0.1) is 27.8 Å². The Morgan fingerprint density at radius 3 is 1.64 bits per heavy atom.